The van der Waals surface area contributed by atoms with Gasteiger partial charge in [0.1, 0.15) is 0 Å². The van der Waals surface area contributed by atoms with E-state index in [1.54, 1.807) is 0 Å². The third-order valence-electron chi connectivity index (χ3n) is 5.22. The summed E-state index contributed by atoms with van der Waals surface area (Å²) in [5.41, 5.74) is 0.676. The van der Waals surface area contributed by atoms with Gasteiger partial charge in [0.05, 0.1) is 13.2 Å². The highest BCUT2D eigenvalue weighted by Gasteiger charge is 2.51. The molecule has 3 fully saturated rings. The normalized spacial score (nSPS) is 32.4. The SMILES string of the molecule is CC(C)C1CC2(CCC3(CC2)OCCO3)C1. The molecule has 0 aromatic rings. The quantitative estimate of drug-likeness (QED) is 0.680. The van der Waals surface area contributed by atoms with Gasteiger partial charge in [0.25, 0.3) is 0 Å². The van der Waals surface area contributed by atoms with Crippen LogP contribution in [0.3, 0.4) is 0 Å². The zero-order valence-electron chi connectivity index (χ0n) is 10.6. The minimum atomic E-state index is -0.159. The van der Waals surface area contributed by atoms with E-state index in [0.29, 0.717) is 5.41 Å². The van der Waals surface area contributed by atoms with Crippen LogP contribution < -0.4 is 0 Å². The number of hydrogen-bond acceptors (Lipinski definition) is 2. The van der Waals surface area contributed by atoms with Crippen molar-refractivity contribution in [1.82, 2.24) is 0 Å². The molecular formula is C14H24O2. The molecular weight excluding hydrogens is 200 g/mol. The molecule has 3 aliphatic rings. The van der Waals surface area contributed by atoms with Crippen molar-refractivity contribution in [3.8, 4) is 0 Å². The van der Waals surface area contributed by atoms with Gasteiger partial charge in [-0.1, -0.05) is 13.8 Å². The monoisotopic (exact) mass is 224 g/mol. The van der Waals surface area contributed by atoms with Gasteiger partial charge in [-0.15, -0.1) is 0 Å². The maximum absolute atomic E-state index is 5.80. The molecule has 2 heteroatoms. The molecule has 0 N–H and O–H groups in total. The first kappa shape index (κ1) is 11.0. The molecule has 0 amide bonds. The van der Waals surface area contributed by atoms with E-state index in [-0.39, 0.29) is 5.79 Å². The van der Waals surface area contributed by atoms with Gasteiger partial charge in [-0.3, -0.25) is 0 Å². The summed E-state index contributed by atoms with van der Waals surface area (Å²) >= 11 is 0. The molecule has 1 aliphatic heterocycles. The molecule has 92 valence electrons. The largest absolute Gasteiger partial charge is 0.348 e. The van der Waals surface area contributed by atoms with Crippen molar-refractivity contribution in [3.05, 3.63) is 0 Å². The lowest BCUT2D eigenvalue weighted by Gasteiger charge is -2.54. The van der Waals surface area contributed by atoms with Crippen molar-refractivity contribution in [1.29, 1.82) is 0 Å². The minimum Gasteiger partial charge on any atom is -0.348 e. The van der Waals surface area contributed by atoms with Gasteiger partial charge < -0.3 is 9.47 Å². The topological polar surface area (TPSA) is 18.5 Å². The molecule has 1 saturated heterocycles. The number of rotatable bonds is 1. The molecule has 0 atom stereocenters. The summed E-state index contributed by atoms with van der Waals surface area (Å²) in [6.45, 7) is 6.35. The average Bonchev–Trinajstić information content (AvgIpc) is 2.65. The van der Waals surface area contributed by atoms with Crippen molar-refractivity contribution in [2.75, 3.05) is 13.2 Å². The summed E-state index contributed by atoms with van der Waals surface area (Å²) in [6.07, 6.45) is 7.85. The van der Waals surface area contributed by atoms with Crippen LogP contribution in [-0.4, -0.2) is 19.0 Å². The van der Waals surface area contributed by atoms with Gasteiger partial charge in [0.15, 0.2) is 5.79 Å². The highest BCUT2D eigenvalue weighted by Crippen LogP contribution is 2.59. The van der Waals surface area contributed by atoms with E-state index >= 15 is 0 Å². The fourth-order valence-corrected chi connectivity index (χ4v) is 3.88. The number of hydrogen-bond donors (Lipinski definition) is 0. The van der Waals surface area contributed by atoms with Crippen molar-refractivity contribution < 1.29 is 9.47 Å². The van der Waals surface area contributed by atoms with Crippen LogP contribution in [0.4, 0.5) is 0 Å². The van der Waals surface area contributed by atoms with E-state index < -0.39 is 0 Å². The molecule has 3 rings (SSSR count). The summed E-state index contributed by atoms with van der Waals surface area (Å²) in [7, 11) is 0. The highest BCUT2D eigenvalue weighted by atomic mass is 16.7. The van der Waals surface area contributed by atoms with Gasteiger partial charge in [-0.25, -0.2) is 0 Å². The number of ether oxygens (including phenoxy) is 2. The molecule has 16 heavy (non-hydrogen) atoms. The van der Waals surface area contributed by atoms with E-state index in [9.17, 15) is 0 Å². The maximum Gasteiger partial charge on any atom is 0.168 e. The molecule has 0 radical (unpaired) electrons. The van der Waals surface area contributed by atoms with Crippen LogP contribution in [0.15, 0.2) is 0 Å². The van der Waals surface area contributed by atoms with Gasteiger partial charge >= 0.3 is 0 Å². The third-order valence-corrected chi connectivity index (χ3v) is 5.22. The Balaban J connectivity index is 1.56. The van der Waals surface area contributed by atoms with Crippen LogP contribution >= 0.6 is 0 Å². The Morgan fingerprint density at radius 1 is 0.938 bits per heavy atom. The van der Waals surface area contributed by atoms with Crippen LogP contribution in [0.5, 0.6) is 0 Å². The summed E-state index contributed by atoms with van der Waals surface area (Å²) in [5.74, 6) is 1.70. The van der Waals surface area contributed by atoms with Crippen molar-refractivity contribution in [2.45, 2.75) is 58.2 Å². The summed E-state index contributed by atoms with van der Waals surface area (Å²) in [4.78, 5) is 0. The van der Waals surface area contributed by atoms with E-state index in [1.807, 2.05) is 0 Å². The molecule has 2 spiro atoms. The first-order chi connectivity index (χ1) is 7.63. The Morgan fingerprint density at radius 3 is 2.00 bits per heavy atom. The van der Waals surface area contributed by atoms with Crippen molar-refractivity contribution in [3.63, 3.8) is 0 Å². The standard InChI is InChI=1S/C14H24O2/c1-11(2)12-9-13(10-12)3-5-14(6-4-13)15-7-8-16-14/h11-12H,3-10H2,1-2H3. The van der Waals surface area contributed by atoms with Crippen LogP contribution in [-0.2, 0) is 9.47 Å². The summed E-state index contributed by atoms with van der Waals surface area (Å²) < 4.78 is 11.6. The zero-order valence-corrected chi connectivity index (χ0v) is 10.6. The van der Waals surface area contributed by atoms with Gasteiger partial charge in [-0.2, -0.15) is 0 Å². The lowest BCUT2D eigenvalue weighted by atomic mass is 9.53. The highest BCUT2D eigenvalue weighted by molar-refractivity contribution is 4.99. The second-order valence-electron chi connectivity index (χ2n) is 6.52. The molecule has 2 nitrogen and oxygen atoms in total. The fourth-order valence-electron chi connectivity index (χ4n) is 3.88. The minimum absolute atomic E-state index is 0.159. The smallest absolute Gasteiger partial charge is 0.168 e. The summed E-state index contributed by atoms with van der Waals surface area (Å²) in [6, 6.07) is 0. The lowest BCUT2D eigenvalue weighted by molar-refractivity contribution is -0.204. The predicted octanol–water partition coefficient (Wildman–Crippen LogP) is 3.36. The Bertz CT molecular complexity index is 248. The molecule has 1 heterocycles. The first-order valence-electron chi connectivity index (χ1n) is 6.91. The van der Waals surface area contributed by atoms with Crippen molar-refractivity contribution >= 4 is 0 Å². The Kier molecular flexibility index (Phi) is 2.56. The molecule has 0 aromatic carbocycles. The summed E-state index contributed by atoms with van der Waals surface area (Å²) in [5, 5.41) is 0. The lowest BCUT2D eigenvalue weighted by Crippen LogP contribution is -2.47. The second-order valence-corrected chi connectivity index (χ2v) is 6.52. The van der Waals surface area contributed by atoms with Gasteiger partial charge in [0, 0.05) is 12.8 Å². The molecule has 0 aromatic heterocycles. The average molecular weight is 224 g/mol. The zero-order chi connectivity index (χ0) is 11.2. The second kappa shape index (κ2) is 3.71. The van der Waals surface area contributed by atoms with Gasteiger partial charge in [0.2, 0.25) is 0 Å². The molecule has 0 unspecified atom stereocenters. The van der Waals surface area contributed by atoms with Crippen LogP contribution in [0, 0.1) is 17.3 Å². The van der Waals surface area contributed by atoms with E-state index in [2.05, 4.69) is 13.8 Å². The molecule has 2 saturated carbocycles. The maximum atomic E-state index is 5.80. The van der Waals surface area contributed by atoms with Crippen LogP contribution in [0.1, 0.15) is 52.4 Å². The van der Waals surface area contributed by atoms with Crippen LogP contribution in [0.25, 0.3) is 0 Å². The molecule has 2 aliphatic carbocycles. The third kappa shape index (κ3) is 1.70. The van der Waals surface area contributed by atoms with E-state index in [4.69, 9.17) is 9.47 Å². The predicted molar refractivity (Wildman–Crippen MR) is 63.1 cm³/mol. The van der Waals surface area contributed by atoms with Gasteiger partial charge in [-0.05, 0) is 42.9 Å². The van der Waals surface area contributed by atoms with E-state index in [0.717, 1.165) is 37.9 Å². The fraction of sp³-hybridized carbons (Fsp3) is 1.00. The van der Waals surface area contributed by atoms with E-state index in [1.165, 1.54) is 25.7 Å². The van der Waals surface area contributed by atoms with Crippen molar-refractivity contribution in [2.24, 2.45) is 17.3 Å². The Morgan fingerprint density at radius 2 is 1.50 bits per heavy atom. The molecule has 0 bridgehead atoms. The Labute approximate surface area is 98.7 Å². The first-order valence-corrected chi connectivity index (χ1v) is 6.91. The Hall–Kier alpha value is -0.0800. The van der Waals surface area contributed by atoms with Crippen LogP contribution in [0.2, 0.25) is 0 Å².